The van der Waals surface area contributed by atoms with E-state index in [1.807, 2.05) is 42.5 Å². The van der Waals surface area contributed by atoms with Crippen LogP contribution in [0.5, 0.6) is 0 Å². The lowest BCUT2D eigenvalue weighted by Crippen LogP contribution is -2.27. The number of amides is 1. The van der Waals surface area contributed by atoms with Crippen LogP contribution in [0.3, 0.4) is 0 Å². The van der Waals surface area contributed by atoms with E-state index < -0.39 is 4.92 Å². The normalized spacial score (nSPS) is 15.1. The smallest absolute Gasteiger partial charge is 0.270 e. The number of benzene rings is 3. The zero-order valence-electron chi connectivity index (χ0n) is 16.4. The summed E-state index contributed by atoms with van der Waals surface area (Å²) < 4.78 is 6.28. The number of hydrogen-bond acceptors (Lipinski definition) is 6. The Kier molecular flexibility index (Phi) is 5.08. The van der Waals surface area contributed by atoms with Gasteiger partial charge < -0.3 is 4.42 Å². The molecule has 156 valence electrons. The van der Waals surface area contributed by atoms with Crippen LogP contribution in [0.2, 0.25) is 0 Å². The fraction of sp³-hybridized carbons (Fsp3) is 0. The monoisotopic (exact) mass is 458 g/mol. The fourth-order valence-corrected chi connectivity index (χ4v) is 4.83. The summed E-state index contributed by atoms with van der Waals surface area (Å²) in [5, 5.41) is 13.0. The van der Waals surface area contributed by atoms with Gasteiger partial charge in [-0.05, 0) is 23.6 Å². The molecule has 4 aromatic rings. The minimum absolute atomic E-state index is 0.0172. The van der Waals surface area contributed by atoms with E-state index in [4.69, 9.17) is 16.6 Å². The van der Waals surface area contributed by atoms with Gasteiger partial charge in [-0.15, -0.1) is 0 Å². The highest BCUT2D eigenvalue weighted by atomic mass is 32.2. The molecule has 8 heteroatoms. The molecule has 1 aliphatic heterocycles. The molecule has 6 nitrogen and oxygen atoms in total. The lowest BCUT2D eigenvalue weighted by atomic mass is 10.1. The Morgan fingerprint density at radius 1 is 1.00 bits per heavy atom. The van der Waals surface area contributed by atoms with E-state index in [0.717, 1.165) is 16.5 Å². The Bertz CT molecular complexity index is 1440. The molecule has 0 saturated carbocycles. The highest BCUT2D eigenvalue weighted by Gasteiger charge is 2.34. The van der Waals surface area contributed by atoms with Crippen molar-refractivity contribution in [2.75, 3.05) is 4.90 Å². The van der Waals surface area contributed by atoms with Gasteiger partial charge in [-0.3, -0.25) is 19.8 Å². The first-order valence-corrected chi connectivity index (χ1v) is 10.8. The first-order valence-electron chi connectivity index (χ1n) is 9.62. The molecule has 0 radical (unpaired) electrons. The number of thiocarbonyl (C=S) groups is 1. The molecule has 32 heavy (non-hydrogen) atoms. The van der Waals surface area contributed by atoms with Crippen molar-refractivity contribution in [3.63, 3.8) is 0 Å². The van der Waals surface area contributed by atoms with Crippen molar-refractivity contribution >= 4 is 62.4 Å². The van der Waals surface area contributed by atoms with Crippen LogP contribution in [0.1, 0.15) is 5.76 Å². The summed E-state index contributed by atoms with van der Waals surface area (Å²) in [4.78, 5) is 25.8. The maximum absolute atomic E-state index is 13.2. The Balaban J connectivity index is 1.46. The van der Waals surface area contributed by atoms with Gasteiger partial charge in [-0.2, -0.15) is 0 Å². The maximum Gasteiger partial charge on any atom is 0.270 e. The van der Waals surface area contributed by atoms with Crippen molar-refractivity contribution in [2.45, 2.75) is 0 Å². The number of anilines is 1. The van der Waals surface area contributed by atoms with Gasteiger partial charge in [0.05, 0.1) is 15.5 Å². The summed E-state index contributed by atoms with van der Waals surface area (Å²) in [7, 11) is 0. The molecular weight excluding hydrogens is 444 g/mol. The lowest BCUT2D eigenvalue weighted by Gasteiger charge is -2.17. The maximum atomic E-state index is 13.2. The van der Waals surface area contributed by atoms with E-state index in [0.29, 0.717) is 26.3 Å². The first-order chi connectivity index (χ1) is 15.5. The molecule has 0 atom stereocenters. The predicted molar refractivity (Wildman–Crippen MR) is 130 cm³/mol. The van der Waals surface area contributed by atoms with E-state index in [9.17, 15) is 14.9 Å². The summed E-state index contributed by atoms with van der Waals surface area (Å²) in [6, 6.07) is 23.2. The number of nitro groups is 1. The molecule has 0 bridgehead atoms. The average molecular weight is 459 g/mol. The number of fused-ring (bicyclic) bond motifs is 1. The summed E-state index contributed by atoms with van der Waals surface area (Å²) in [5.74, 6) is 0.721. The van der Waals surface area contributed by atoms with Crippen molar-refractivity contribution < 1.29 is 14.1 Å². The van der Waals surface area contributed by atoms with Crippen LogP contribution in [0.25, 0.3) is 28.2 Å². The largest absolute Gasteiger partial charge is 0.457 e. The van der Waals surface area contributed by atoms with Crippen molar-refractivity contribution in [3.05, 3.63) is 99.6 Å². The second kappa shape index (κ2) is 8.07. The minimum atomic E-state index is -0.452. The van der Waals surface area contributed by atoms with E-state index >= 15 is 0 Å². The van der Waals surface area contributed by atoms with Crippen LogP contribution in [0.4, 0.5) is 11.4 Å². The quantitative estimate of drug-likeness (QED) is 0.152. The molecule has 1 aliphatic rings. The zero-order chi connectivity index (χ0) is 22.2. The number of nitro benzene ring substituents is 1. The van der Waals surface area contributed by atoms with Crippen LogP contribution in [-0.4, -0.2) is 15.2 Å². The SMILES string of the molecule is O=C1C(=Cc2ccc(-c3cccc([N+](=O)[O-])c3)o2)SC(=S)N1c1cccc2ccccc12. The molecule has 0 unspecified atom stereocenters. The molecule has 1 fully saturated rings. The molecule has 1 saturated heterocycles. The minimum Gasteiger partial charge on any atom is -0.457 e. The fourth-order valence-electron chi connectivity index (χ4n) is 3.57. The summed E-state index contributed by atoms with van der Waals surface area (Å²) in [6.45, 7) is 0. The molecule has 0 aliphatic carbocycles. The van der Waals surface area contributed by atoms with E-state index in [2.05, 4.69) is 0 Å². The van der Waals surface area contributed by atoms with E-state index in [1.165, 1.54) is 23.9 Å². The number of thioether (sulfide) groups is 1. The molecule has 1 aromatic heterocycles. The molecule has 5 rings (SSSR count). The van der Waals surface area contributed by atoms with Crippen molar-refractivity contribution in [1.29, 1.82) is 0 Å². The summed E-state index contributed by atoms with van der Waals surface area (Å²) in [6.07, 6.45) is 1.64. The van der Waals surface area contributed by atoms with Crippen LogP contribution in [0, 0.1) is 10.1 Å². The lowest BCUT2D eigenvalue weighted by molar-refractivity contribution is -0.384. The van der Waals surface area contributed by atoms with Crippen LogP contribution >= 0.6 is 24.0 Å². The second-order valence-corrected chi connectivity index (χ2v) is 8.70. The molecule has 0 N–H and O–H groups in total. The van der Waals surface area contributed by atoms with Crippen LogP contribution in [0.15, 0.2) is 88.2 Å². The number of carbonyl (C=O) groups is 1. The van der Waals surface area contributed by atoms with Crippen LogP contribution in [-0.2, 0) is 4.79 Å². The van der Waals surface area contributed by atoms with Crippen molar-refractivity contribution in [2.24, 2.45) is 0 Å². The second-order valence-electron chi connectivity index (χ2n) is 7.02. The highest BCUT2D eigenvalue weighted by molar-refractivity contribution is 8.27. The Morgan fingerprint density at radius 3 is 2.62 bits per heavy atom. The number of non-ortho nitro benzene ring substituents is 1. The number of rotatable bonds is 4. The highest BCUT2D eigenvalue weighted by Crippen LogP contribution is 2.39. The Morgan fingerprint density at radius 2 is 1.78 bits per heavy atom. The number of carbonyl (C=O) groups excluding carboxylic acids is 1. The Hall–Kier alpha value is -3.75. The molecule has 0 spiro atoms. The van der Waals surface area contributed by atoms with Gasteiger partial charge in [-0.25, -0.2) is 0 Å². The number of hydrogen-bond donors (Lipinski definition) is 0. The first kappa shape index (κ1) is 20.2. The van der Waals surface area contributed by atoms with Crippen molar-refractivity contribution in [3.8, 4) is 11.3 Å². The Labute approximate surface area is 192 Å². The van der Waals surface area contributed by atoms with E-state index in [1.54, 1.807) is 35.2 Å². The zero-order valence-corrected chi connectivity index (χ0v) is 18.1. The third-order valence-electron chi connectivity index (χ3n) is 5.04. The number of furan rings is 1. The molecule has 1 amide bonds. The standard InChI is InChI=1S/C24H14N2O4S2/c27-23-22(14-18-11-12-21(30-18)16-7-3-8-17(13-16)26(28)29)32-24(31)25(23)20-10-4-6-15-5-1-2-9-19(15)20/h1-14H. The third-order valence-corrected chi connectivity index (χ3v) is 6.35. The van der Waals surface area contributed by atoms with Gasteiger partial charge in [0.1, 0.15) is 11.5 Å². The van der Waals surface area contributed by atoms with Gasteiger partial charge in [0.15, 0.2) is 4.32 Å². The van der Waals surface area contributed by atoms with E-state index in [-0.39, 0.29) is 11.6 Å². The third kappa shape index (κ3) is 3.59. The predicted octanol–water partition coefficient (Wildman–Crippen LogP) is 6.41. The molecule has 2 heterocycles. The van der Waals surface area contributed by atoms with Crippen molar-refractivity contribution in [1.82, 2.24) is 0 Å². The van der Waals surface area contributed by atoms with Gasteiger partial charge >= 0.3 is 0 Å². The topological polar surface area (TPSA) is 76.6 Å². The molecule has 3 aromatic carbocycles. The van der Waals surface area contributed by atoms with Gasteiger partial charge in [0.2, 0.25) is 0 Å². The van der Waals surface area contributed by atoms with Gasteiger partial charge in [-0.1, -0.05) is 72.5 Å². The molecular formula is C24H14N2O4S2. The summed E-state index contributed by atoms with van der Waals surface area (Å²) >= 11 is 6.72. The number of nitrogens with zero attached hydrogens (tertiary/aromatic N) is 2. The van der Waals surface area contributed by atoms with Crippen LogP contribution < -0.4 is 4.90 Å². The average Bonchev–Trinajstić information content (AvgIpc) is 3.38. The summed E-state index contributed by atoms with van der Waals surface area (Å²) in [5.41, 5.74) is 1.31. The van der Waals surface area contributed by atoms with Gasteiger partial charge in [0, 0.05) is 29.2 Å². The van der Waals surface area contributed by atoms with Gasteiger partial charge in [0.25, 0.3) is 11.6 Å².